The average Bonchev–Trinajstić information content (AvgIpc) is 3.09. The molecule has 1 saturated heterocycles. The Morgan fingerprint density at radius 3 is 2.68 bits per heavy atom. The number of nitrogen functional groups attached to an aromatic ring is 1. The van der Waals surface area contributed by atoms with Gasteiger partial charge in [0.25, 0.3) is 0 Å². The molecule has 19 heavy (non-hydrogen) atoms. The molecule has 2 amide bonds. The van der Waals surface area contributed by atoms with Crippen molar-refractivity contribution in [2.24, 2.45) is 0 Å². The Morgan fingerprint density at radius 1 is 1.32 bits per heavy atom. The summed E-state index contributed by atoms with van der Waals surface area (Å²) < 4.78 is 0. The highest BCUT2D eigenvalue weighted by Crippen LogP contribution is 2.30. The number of amides is 2. The molecule has 3 rings (SSSR count). The number of anilines is 1. The first-order valence-corrected chi connectivity index (χ1v) is 7.14. The van der Waals surface area contributed by atoms with Crippen molar-refractivity contribution < 1.29 is 4.79 Å². The highest BCUT2D eigenvalue weighted by Gasteiger charge is 2.35. The molecule has 2 N–H and O–H groups in total. The van der Waals surface area contributed by atoms with Crippen molar-refractivity contribution in [2.45, 2.75) is 38.3 Å². The summed E-state index contributed by atoms with van der Waals surface area (Å²) in [7, 11) is 0. The van der Waals surface area contributed by atoms with Gasteiger partial charge in [-0.3, -0.25) is 0 Å². The molecule has 2 fully saturated rings. The lowest BCUT2D eigenvalue weighted by Crippen LogP contribution is -2.42. The second-order valence-electron chi connectivity index (χ2n) is 5.58. The van der Waals surface area contributed by atoms with E-state index >= 15 is 0 Å². The number of urea groups is 1. The second kappa shape index (κ2) is 5.11. The number of carbonyl (C=O) groups is 1. The topological polar surface area (TPSA) is 49.6 Å². The summed E-state index contributed by atoms with van der Waals surface area (Å²) >= 11 is 0. The molecule has 1 aliphatic heterocycles. The highest BCUT2D eigenvalue weighted by molar-refractivity contribution is 5.75. The maximum atomic E-state index is 12.5. The van der Waals surface area contributed by atoms with Crippen molar-refractivity contribution in [1.29, 1.82) is 0 Å². The molecule has 1 heterocycles. The van der Waals surface area contributed by atoms with Gasteiger partial charge in [0.05, 0.1) is 0 Å². The van der Waals surface area contributed by atoms with Crippen molar-refractivity contribution >= 4 is 11.7 Å². The van der Waals surface area contributed by atoms with Crippen LogP contribution in [-0.4, -0.2) is 35.0 Å². The minimum Gasteiger partial charge on any atom is -0.399 e. The molecule has 0 aromatic heterocycles. The zero-order valence-corrected chi connectivity index (χ0v) is 11.2. The summed E-state index contributed by atoms with van der Waals surface area (Å²) in [6.07, 6.45) is 4.56. The van der Waals surface area contributed by atoms with Crippen molar-refractivity contribution in [1.82, 2.24) is 9.80 Å². The molecule has 1 aliphatic carbocycles. The molecule has 2 aliphatic rings. The zero-order valence-electron chi connectivity index (χ0n) is 11.2. The fourth-order valence-corrected chi connectivity index (χ4v) is 2.72. The quantitative estimate of drug-likeness (QED) is 0.848. The lowest BCUT2D eigenvalue weighted by Gasteiger charge is -2.28. The molecular formula is C15H21N3O. The van der Waals surface area contributed by atoms with E-state index < -0.39 is 0 Å². The van der Waals surface area contributed by atoms with E-state index in [1.54, 1.807) is 0 Å². The fourth-order valence-electron chi connectivity index (χ4n) is 2.72. The summed E-state index contributed by atoms with van der Waals surface area (Å²) in [6.45, 7) is 2.52. The summed E-state index contributed by atoms with van der Waals surface area (Å²) in [4.78, 5) is 16.6. The molecule has 0 bridgehead atoms. The molecule has 4 heteroatoms. The minimum absolute atomic E-state index is 0.211. The molecule has 1 saturated carbocycles. The van der Waals surface area contributed by atoms with Crippen LogP contribution in [-0.2, 0) is 6.54 Å². The molecule has 1 aromatic carbocycles. The summed E-state index contributed by atoms with van der Waals surface area (Å²) in [5, 5.41) is 0. The van der Waals surface area contributed by atoms with Gasteiger partial charge in [0.15, 0.2) is 0 Å². The lowest BCUT2D eigenvalue weighted by atomic mass is 10.2. The van der Waals surface area contributed by atoms with E-state index in [9.17, 15) is 4.79 Å². The second-order valence-corrected chi connectivity index (χ2v) is 5.58. The number of rotatable bonds is 3. The molecule has 1 aromatic rings. The monoisotopic (exact) mass is 259 g/mol. The van der Waals surface area contributed by atoms with Crippen molar-refractivity contribution in [3.63, 3.8) is 0 Å². The third kappa shape index (κ3) is 2.83. The number of likely N-dealkylation sites (tertiary alicyclic amines) is 1. The highest BCUT2D eigenvalue weighted by atomic mass is 16.2. The largest absolute Gasteiger partial charge is 0.399 e. The van der Waals surface area contributed by atoms with E-state index in [0.29, 0.717) is 12.6 Å². The Balaban J connectivity index is 1.72. The predicted molar refractivity (Wildman–Crippen MR) is 75.6 cm³/mol. The van der Waals surface area contributed by atoms with Gasteiger partial charge in [-0.2, -0.15) is 0 Å². The van der Waals surface area contributed by atoms with Gasteiger partial charge in [-0.1, -0.05) is 12.1 Å². The molecule has 0 atom stereocenters. The van der Waals surface area contributed by atoms with Gasteiger partial charge < -0.3 is 15.5 Å². The van der Waals surface area contributed by atoms with Crippen molar-refractivity contribution in [3.8, 4) is 0 Å². The van der Waals surface area contributed by atoms with Gasteiger partial charge >= 0.3 is 6.03 Å². The van der Waals surface area contributed by atoms with E-state index in [-0.39, 0.29) is 6.03 Å². The van der Waals surface area contributed by atoms with Crippen LogP contribution in [0.3, 0.4) is 0 Å². The SMILES string of the molecule is Nc1cccc(CN(C(=O)N2CCCC2)C2CC2)c1. The lowest BCUT2D eigenvalue weighted by molar-refractivity contribution is 0.156. The van der Waals surface area contributed by atoms with Crippen LogP contribution in [0.1, 0.15) is 31.2 Å². The van der Waals surface area contributed by atoms with Gasteiger partial charge in [-0.25, -0.2) is 4.79 Å². The van der Waals surface area contributed by atoms with Gasteiger partial charge in [0, 0.05) is 31.4 Å². The van der Waals surface area contributed by atoms with E-state index in [1.165, 1.54) is 0 Å². The van der Waals surface area contributed by atoms with E-state index in [2.05, 4.69) is 0 Å². The summed E-state index contributed by atoms with van der Waals surface area (Å²) in [5.41, 5.74) is 7.70. The standard InChI is InChI=1S/C15H21N3O/c16-13-5-3-4-12(10-13)11-18(14-6-7-14)15(19)17-8-1-2-9-17/h3-5,10,14H,1-2,6-9,11,16H2. The smallest absolute Gasteiger partial charge is 0.320 e. The van der Waals surface area contributed by atoms with Crippen LogP contribution in [0.15, 0.2) is 24.3 Å². The van der Waals surface area contributed by atoms with Crippen LogP contribution in [0, 0.1) is 0 Å². The number of nitrogens with two attached hydrogens (primary N) is 1. The third-order valence-electron chi connectivity index (χ3n) is 3.91. The first-order valence-electron chi connectivity index (χ1n) is 7.14. The number of benzene rings is 1. The molecule has 0 radical (unpaired) electrons. The van der Waals surface area contributed by atoms with Crippen LogP contribution in [0.2, 0.25) is 0 Å². The minimum atomic E-state index is 0.211. The van der Waals surface area contributed by atoms with Gasteiger partial charge in [0.2, 0.25) is 0 Å². The number of hydrogen-bond donors (Lipinski definition) is 1. The molecular weight excluding hydrogens is 238 g/mol. The zero-order chi connectivity index (χ0) is 13.2. The Kier molecular flexibility index (Phi) is 3.32. The van der Waals surface area contributed by atoms with Gasteiger partial charge in [0.1, 0.15) is 0 Å². The van der Waals surface area contributed by atoms with Crippen LogP contribution < -0.4 is 5.73 Å². The first-order chi connectivity index (χ1) is 9.24. The van der Waals surface area contributed by atoms with E-state index in [0.717, 1.165) is 50.0 Å². The fraction of sp³-hybridized carbons (Fsp3) is 0.533. The van der Waals surface area contributed by atoms with Gasteiger partial charge in [-0.15, -0.1) is 0 Å². The first kappa shape index (κ1) is 12.3. The van der Waals surface area contributed by atoms with Gasteiger partial charge in [-0.05, 0) is 43.4 Å². The van der Waals surface area contributed by atoms with Crippen LogP contribution in [0.5, 0.6) is 0 Å². The number of carbonyl (C=O) groups excluding carboxylic acids is 1. The van der Waals surface area contributed by atoms with Crippen molar-refractivity contribution in [2.75, 3.05) is 18.8 Å². The van der Waals surface area contributed by atoms with Crippen molar-refractivity contribution in [3.05, 3.63) is 29.8 Å². The number of hydrogen-bond acceptors (Lipinski definition) is 2. The Morgan fingerprint density at radius 2 is 2.05 bits per heavy atom. The molecule has 0 spiro atoms. The van der Waals surface area contributed by atoms with Crippen LogP contribution in [0.4, 0.5) is 10.5 Å². The molecule has 102 valence electrons. The maximum absolute atomic E-state index is 12.5. The Hall–Kier alpha value is -1.71. The third-order valence-corrected chi connectivity index (χ3v) is 3.91. The summed E-state index contributed by atoms with van der Waals surface area (Å²) in [5.74, 6) is 0. The molecule has 0 unspecified atom stereocenters. The number of nitrogens with zero attached hydrogens (tertiary/aromatic N) is 2. The average molecular weight is 259 g/mol. The predicted octanol–water partition coefficient (Wildman–Crippen LogP) is 2.45. The van der Waals surface area contributed by atoms with Crippen LogP contribution >= 0.6 is 0 Å². The normalized spacial score (nSPS) is 18.6. The molecule has 4 nitrogen and oxygen atoms in total. The summed E-state index contributed by atoms with van der Waals surface area (Å²) in [6, 6.07) is 8.50. The van der Waals surface area contributed by atoms with E-state index in [1.807, 2.05) is 34.1 Å². The Bertz CT molecular complexity index is 464. The van der Waals surface area contributed by atoms with Crippen LogP contribution in [0.25, 0.3) is 0 Å². The van der Waals surface area contributed by atoms with E-state index in [4.69, 9.17) is 5.73 Å². The maximum Gasteiger partial charge on any atom is 0.320 e. The Labute approximate surface area is 114 Å².